The molecule has 4 heterocycles. The third kappa shape index (κ3) is 5.98. The molecule has 0 N–H and O–H groups in total. The van der Waals surface area contributed by atoms with E-state index in [1.807, 2.05) is 54.7 Å². The highest BCUT2D eigenvalue weighted by Crippen LogP contribution is 2.40. The Balaban J connectivity index is 1.09. The van der Waals surface area contributed by atoms with Gasteiger partial charge in [0.05, 0.1) is 23.3 Å². The number of para-hydroxylation sites is 2. The second-order valence-electron chi connectivity index (χ2n) is 16.6. The standard InChI is InChI=1S/C58H38N4O2/c1-2-13-37(14-3-1)38-24-26-39(27-25-38)57-60-35-42-32-48-44-17-6-8-20-52(44)64-55(48)34-49(42)62-50-30-36(23-28-43(50)47-31-40-15-4-5-16-41(40)33-51(47)62)12-11-29-59-58(61-57)46-19-10-22-54-56(46)45-18-7-9-21-53(45)63-54/h1-10,13-34H,11-12,35H2. The van der Waals surface area contributed by atoms with E-state index in [-0.39, 0.29) is 0 Å². The summed E-state index contributed by atoms with van der Waals surface area (Å²) >= 11 is 0. The van der Waals surface area contributed by atoms with Gasteiger partial charge in [-0.1, -0.05) is 140 Å². The van der Waals surface area contributed by atoms with Crippen molar-refractivity contribution in [2.75, 3.05) is 0 Å². The number of aryl methyl sites for hydroxylation is 1. The van der Waals surface area contributed by atoms with Crippen LogP contribution in [0, 0.1) is 0 Å². The van der Waals surface area contributed by atoms with Crippen LogP contribution in [0.1, 0.15) is 28.7 Å². The average Bonchev–Trinajstić information content (AvgIpc) is 4.01. The number of furan rings is 2. The van der Waals surface area contributed by atoms with Crippen LogP contribution >= 0.6 is 0 Å². The predicted octanol–water partition coefficient (Wildman–Crippen LogP) is 14.8. The van der Waals surface area contributed by atoms with E-state index in [4.69, 9.17) is 23.8 Å². The summed E-state index contributed by atoms with van der Waals surface area (Å²) in [5, 5.41) is 8.93. The van der Waals surface area contributed by atoms with E-state index in [9.17, 15) is 0 Å². The lowest BCUT2D eigenvalue weighted by molar-refractivity contribution is 0.668. The van der Waals surface area contributed by atoms with Crippen molar-refractivity contribution in [3.63, 3.8) is 0 Å². The Morgan fingerprint density at radius 3 is 2.00 bits per heavy atom. The zero-order valence-corrected chi connectivity index (χ0v) is 34.7. The molecule has 0 saturated heterocycles. The molecular weight excluding hydrogens is 785 g/mol. The van der Waals surface area contributed by atoms with Crippen LogP contribution in [0.5, 0.6) is 0 Å². The fourth-order valence-corrected chi connectivity index (χ4v) is 9.70. The van der Waals surface area contributed by atoms with Gasteiger partial charge in [-0.05, 0) is 88.3 Å². The third-order valence-electron chi connectivity index (χ3n) is 12.8. The van der Waals surface area contributed by atoms with Gasteiger partial charge in [-0.3, -0.25) is 4.99 Å². The van der Waals surface area contributed by atoms with Crippen LogP contribution in [0.4, 0.5) is 0 Å². The van der Waals surface area contributed by atoms with Gasteiger partial charge in [-0.25, -0.2) is 9.98 Å². The number of rotatable bonds is 3. The van der Waals surface area contributed by atoms with Crippen molar-refractivity contribution in [1.82, 2.24) is 4.57 Å². The van der Waals surface area contributed by atoms with E-state index in [2.05, 4.69) is 144 Å². The van der Waals surface area contributed by atoms with Gasteiger partial charge in [0.15, 0.2) is 11.7 Å². The minimum Gasteiger partial charge on any atom is -0.456 e. The minimum atomic E-state index is 0.342. The maximum atomic E-state index is 6.62. The molecule has 0 amide bonds. The molecule has 1 aliphatic heterocycles. The summed E-state index contributed by atoms with van der Waals surface area (Å²) in [5.41, 5.74) is 12.9. The van der Waals surface area contributed by atoms with Crippen molar-refractivity contribution in [1.29, 1.82) is 0 Å². The molecular formula is C58H38N4O2. The molecule has 12 aromatic rings. The van der Waals surface area contributed by atoms with E-state index in [0.29, 0.717) is 24.6 Å². The molecule has 1 aliphatic rings. The number of benzene rings is 9. The molecule has 0 radical (unpaired) electrons. The number of hydrogen-bond donors (Lipinski definition) is 0. The van der Waals surface area contributed by atoms with Crippen LogP contribution in [0.3, 0.4) is 0 Å². The maximum absolute atomic E-state index is 6.62. The SMILES string of the molecule is C1=NC(c2cccc3oc4ccccc4c23)=NC(c2ccc(-c3ccccc3)cc2)=NCc2cc3c(cc2-n2c4cc(ccc4c4cc5ccccc5cc42)CC1)oc1ccccc13. The molecule has 3 aromatic heterocycles. The van der Waals surface area contributed by atoms with Crippen LogP contribution in [0.25, 0.3) is 93.3 Å². The monoisotopic (exact) mass is 822 g/mol. The van der Waals surface area contributed by atoms with E-state index < -0.39 is 0 Å². The van der Waals surface area contributed by atoms with Gasteiger partial charge in [-0.2, -0.15) is 0 Å². The molecule has 6 nitrogen and oxygen atoms in total. The van der Waals surface area contributed by atoms with Crippen LogP contribution in [-0.4, -0.2) is 22.5 Å². The predicted molar refractivity (Wildman–Crippen MR) is 265 cm³/mol. The third-order valence-corrected chi connectivity index (χ3v) is 12.8. The Labute approximate surface area is 367 Å². The van der Waals surface area contributed by atoms with E-state index in [1.165, 1.54) is 27.1 Å². The van der Waals surface area contributed by atoms with E-state index >= 15 is 0 Å². The smallest absolute Gasteiger partial charge is 0.162 e. The number of nitrogens with zero attached hydrogens (tertiary/aromatic N) is 4. The first-order chi connectivity index (χ1) is 31.7. The van der Waals surface area contributed by atoms with Crippen LogP contribution in [-0.2, 0) is 13.0 Å². The van der Waals surface area contributed by atoms with Crippen molar-refractivity contribution in [3.8, 4) is 16.8 Å². The normalized spacial score (nSPS) is 13.6. The zero-order valence-electron chi connectivity index (χ0n) is 34.7. The summed E-state index contributed by atoms with van der Waals surface area (Å²) in [5.74, 6) is 1.16. The summed E-state index contributed by atoms with van der Waals surface area (Å²) in [7, 11) is 0. The Kier molecular flexibility index (Phi) is 8.31. The summed E-state index contributed by atoms with van der Waals surface area (Å²) in [6.07, 6.45) is 3.52. The van der Waals surface area contributed by atoms with Crippen molar-refractivity contribution in [2.24, 2.45) is 15.0 Å². The fraction of sp³-hybridized carbons (Fsp3) is 0.0517. The van der Waals surface area contributed by atoms with E-state index in [1.54, 1.807) is 0 Å². The Bertz CT molecular complexity index is 3920. The van der Waals surface area contributed by atoms with Crippen molar-refractivity contribution >= 4 is 94.3 Å². The molecule has 13 rings (SSSR count). The number of aromatic nitrogens is 1. The number of aliphatic imine (C=N–C) groups is 3. The molecule has 0 unspecified atom stereocenters. The molecule has 0 saturated carbocycles. The van der Waals surface area contributed by atoms with Gasteiger partial charge in [0.1, 0.15) is 22.3 Å². The Morgan fingerprint density at radius 1 is 0.453 bits per heavy atom. The second kappa shape index (κ2) is 14.6. The Morgan fingerprint density at radius 2 is 1.14 bits per heavy atom. The van der Waals surface area contributed by atoms with Crippen LogP contribution in [0.15, 0.2) is 212 Å². The molecule has 6 heteroatoms. The highest BCUT2D eigenvalue weighted by molar-refractivity contribution is 6.22. The molecule has 0 spiro atoms. The molecule has 9 aromatic carbocycles. The molecule has 0 atom stereocenters. The van der Waals surface area contributed by atoms with Crippen LogP contribution in [0.2, 0.25) is 0 Å². The number of fused-ring (bicyclic) bond motifs is 13. The highest BCUT2D eigenvalue weighted by atomic mass is 16.3. The van der Waals surface area contributed by atoms with Gasteiger partial charge >= 0.3 is 0 Å². The first-order valence-corrected chi connectivity index (χ1v) is 21.8. The first kappa shape index (κ1) is 36.3. The zero-order chi connectivity index (χ0) is 42.1. The average molecular weight is 823 g/mol. The molecule has 2 bridgehead atoms. The van der Waals surface area contributed by atoms with Crippen molar-refractivity contribution < 1.29 is 8.83 Å². The van der Waals surface area contributed by atoms with Gasteiger partial charge in [0, 0.05) is 55.7 Å². The lowest BCUT2D eigenvalue weighted by Gasteiger charge is -2.14. The summed E-state index contributed by atoms with van der Waals surface area (Å²) in [6, 6.07) is 66.3. The van der Waals surface area contributed by atoms with Gasteiger partial charge in [0.25, 0.3) is 0 Å². The molecule has 0 aliphatic carbocycles. The first-order valence-electron chi connectivity index (χ1n) is 21.8. The molecule has 302 valence electrons. The number of amidine groups is 2. The van der Waals surface area contributed by atoms with Crippen molar-refractivity contribution in [2.45, 2.75) is 19.4 Å². The van der Waals surface area contributed by atoms with Crippen LogP contribution < -0.4 is 0 Å². The minimum absolute atomic E-state index is 0.342. The molecule has 0 fully saturated rings. The maximum Gasteiger partial charge on any atom is 0.162 e. The van der Waals surface area contributed by atoms with Gasteiger partial charge < -0.3 is 13.4 Å². The summed E-state index contributed by atoms with van der Waals surface area (Å²) < 4.78 is 15.4. The molecule has 64 heavy (non-hydrogen) atoms. The van der Waals surface area contributed by atoms with Crippen molar-refractivity contribution in [3.05, 3.63) is 210 Å². The number of hydrogen-bond acceptors (Lipinski definition) is 5. The second-order valence-corrected chi connectivity index (χ2v) is 16.6. The van der Waals surface area contributed by atoms with Gasteiger partial charge in [0.2, 0.25) is 0 Å². The topological polar surface area (TPSA) is 68.3 Å². The Hall–Kier alpha value is -8.35. The highest BCUT2D eigenvalue weighted by Gasteiger charge is 2.21. The van der Waals surface area contributed by atoms with Gasteiger partial charge in [-0.15, -0.1) is 0 Å². The summed E-state index contributed by atoms with van der Waals surface area (Å²) in [4.78, 5) is 16.2. The fourth-order valence-electron chi connectivity index (χ4n) is 9.70. The lowest BCUT2D eigenvalue weighted by Crippen LogP contribution is -2.07. The van der Waals surface area contributed by atoms with E-state index in [0.717, 1.165) is 94.8 Å². The largest absolute Gasteiger partial charge is 0.456 e. The quantitative estimate of drug-likeness (QED) is 0.178. The lowest BCUT2D eigenvalue weighted by atomic mass is 10.0. The summed E-state index contributed by atoms with van der Waals surface area (Å²) in [6.45, 7) is 0.342.